The van der Waals surface area contributed by atoms with Gasteiger partial charge in [-0.1, -0.05) is 68.8 Å². The van der Waals surface area contributed by atoms with Crippen LogP contribution < -0.4 is 16.7 Å². The third-order valence-corrected chi connectivity index (χ3v) is 10.9. The second-order valence-electron chi connectivity index (χ2n) is 13.7. The fourth-order valence-corrected chi connectivity index (χ4v) is 7.06. The molecule has 2 aromatic carbocycles. The number of hydrogen-bond donors (Lipinski definition) is 3. The van der Waals surface area contributed by atoms with Crippen LogP contribution in [0, 0.1) is 27.7 Å². The van der Waals surface area contributed by atoms with Crippen LogP contribution in [0.2, 0.25) is 20.1 Å². The standard InChI is InChI=1S/C18H14Cl2N4O2.C17H16Cl2N4O.C7H6N4O/c1-9-16(10(2)26-23-9)12-6-15-17(21-7-12)22-18(25)24(15)8-11-3-4-13(19)14(20)5-11;1-9-16(10(2)24-23-9)12-6-15(17(20)22-8-12)21-7-11-3-4-13(18)14(19)5-11;12-7(10-3-1-8-5-10)11-4-2-9-6-11/h3-7H,8H2,1-2H3,(H,21,22,25);3-6,8,21H,7H2,1-2H3,(H2,20,22);1-6H. The maximum Gasteiger partial charge on any atom is 0.338 e. The van der Waals surface area contributed by atoms with E-state index in [9.17, 15) is 9.59 Å². The minimum Gasteiger partial charge on any atom is -0.382 e. The van der Waals surface area contributed by atoms with Gasteiger partial charge in [0.15, 0.2) is 5.65 Å². The quantitative estimate of drug-likeness (QED) is 0.137. The number of rotatable bonds is 7. The van der Waals surface area contributed by atoms with Gasteiger partial charge in [-0.15, -0.1) is 0 Å². The van der Waals surface area contributed by atoms with E-state index >= 15 is 0 Å². The highest BCUT2D eigenvalue weighted by atomic mass is 35.5. The number of nitrogens with zero attached hydrogens (tertiary/aromatic N) is 9. The average Bonchev–Trinajstić information content (AvgIpc) is 4.12. The molecule has 9 aromatic rings. The van der Waals surface area contributed by atoms with Crippen molar-refractivity contribution in [3.63, 3.8) is 0 Å². The number of aromatic nitrogens is 10. The molecule has 0 saturated heterocycles. The molecule has 0 aliphatic carbocycles. The maximum atomic E-state index is 12.4. The summed E-state index contributed by atoms with van der Waals surface area (Å²) in [5.74, 6) is 1.87. The summed E-state index contributed by atoms with van der Waals surface area (Å²) < 4.78 is 14.8. The molecule has 4 N–H and O–H groups in total. The molecule has 0 saturated carbocycles. The smallest absolute Gasteiger partial charge is 0.338 e. The summed E-state index contributed by atoms with van der Waals surface area (Å²) in [4.78, 5) is 42.8. The molecule has 0 amide bonds. The zero-order chi connectivity index (χ0) is 44.1. The van der Waals surface area contributed by atoms with Gasteiger partial charge in [0.05, 0.1) is 49.2 Å². The van der Waals surface area contributed by atoms with E-state index < -0.39 is 0 Å². The van der Waals surface area contributed by atoms with Gasteiger partial charge in [0.1, 0.15) is 30.0 Å². The Morgan fingerprint density at radius 1 is 0.742 bits per heavy atom. The largest absolute Gasteiger partial charge is 0.382 e. The lowest BCUT2D eigenvalue weighted by Gasteiger charge is -2.11. The van der Waals surface area contributed by atoms with E-state index in [1.54, 1.807) is 59.9 Å². The number of halogens is 4. The van der Waals surface area contributed by atoms with Crippen molar-refractivity contribution in [2.75, 3.05) is 11.1 Å². The van der Waals surface area contributed by atoms with E-state index in [0.717, 1.165) is 56.2 Å². The Labute approximate surface area is 373 Å². The van der Waals surface area contributed by atoms with Gasteiger partial charge in [-0.3, -0.25) is 18.7 Å². The third kappa shape index (κ3) is 9.74. The first-order valence-corrected chi connectivity index (χ1v) is 20.1. The number of imidazole rings is 3. The van der Waals surface area contributed by atoms with E-state index in [2.05, 4.69) is 40.6 Å². The molecule has 0 atom stereocenters. The molecule has 62 heavy (non-hydrogen) atoms. The Morgan fingerprint density at radius 2 is 1.29 bits per heavy atom. The first-order valence-electron chi connectivity index (χ1n) is 18.6. The van der Waals surface area contributed by atoms with Crippen LogP contribution in [0.4, 0.5) is 16.3 Å². The summed E-state index contributed by atoms with van der Waals surface area (Å²) in [5.41, 5.74) is 14.7. The van der Waals surface area contributed by atoms with Crippen LogP contribution in [-0.2, 0) is 13.1 Å². The summed E-state index contributed by atoms with van der Waals surface area (Å²) >= 11 is 24.0. The lowest BCUT2D eigenvalue weighted by Crippen LogP contribution is -2.17. The molecule has 7 aromatic heterocycles. The predicted molar refractivity (Wildman–Crippen MR) is 239 cm³/mol. The number of nitrogens with two attached hydrogens (primary N) is 1. The number of nitrogens with one attached hydrogen (secondary N) is 2. The van der Waals surface area contributed by atoms with E-state index in [4.69, 9.17) is 61.2 Å². The number of H-pyrrole nitrogens is 1. The normalized spacial score (nSPS) is 10.9. The zero-order valence-electron chi connectivity index (χ0n) is 33.4. The van der Waals surface area contributed by atoms with Crippen LogP contribution in [0.3, 0.4) is 0 Å². The van der Waals surface area contributed by atoms with Gasteiger partial charge in [-0.25, -0.2) is 29.5 Å². The lowest BCUT2D eigenvalue weighted by molar-refractivity contribution is 0.244. The molecule has 0 radical (unpaired) electrons. The third-order valence-electron chi connectivity index (χ3n) is 9.43. The van der Waals surface area contributed by atoms with Crippen LogP contribution in [0.5, 0.6) is 0 Å². The number of fused-ring (bicyclic) bond motifs is 1. The highest BCUT2D eigenvalue weighted by Crippen LogP contribution is 2.32. The Hall–Kier alpha value is -6.72. The number of nitrogen functional groups attached to an aromatic ring is 1. The van der Waals surface area contributed by atoms with Gasteiger partial charge in [-0.05, 0) is 75.2 Å². The van der Waals surface area contributed by atoms with Gasteiger partial charge < -0.3 is 20.1 Å². The minimum absolute atomic E-state index is 0.190. The second kappa shape index (κ2) is 18.9. The van der Waals surface area contributed by atoms with Crippen molar-refractivity contribution in [3.05, 3.63) is 163 Å². The molecule has 0 bridgehead atoms. The minimum atomic E-state index is -0.241. The molecule has 0 spiro atoms. The Kier molecular flexibility index (Phi) is 13.2. The van der Waals surface area contributed by atoms with Crippen molar-refractivity contribution in [2.24, 2.45) is 0 Å². The van der Waals surface area contributed by atoms with E-state index in [0.29, 0.717) is 55.9 Å². The van der Waals surface area contributed by atoms with Crippen molar-refractivity contribution >= 4 is 75.1 Å². The van der Waals surface area contributed by atoms with Crippen LogP contribution in [-0.4, -0.2) is 55.0 Å². The molecule has 0 fully saturated rings. The fraction of sp³-hybridized carbons (Fsp3) is 0.143. The zero-order valence-corrected chi connectivity index (χ0v) is 36.4. The summed E-state index contributed by atoms with van der Waals surface area (Å²) in [5, 5.41) is 13.2. The molecule has 9 rings (SSSR count). The highest BCUT2D eigenvalue weighted by Gasteiger charge is 2.17. The molecule has 20 heteroatoms. The van der Waals surface area contributed by atoms with Gasteiger partial charge in [0.25, 0.3) is 0 Å². The first-order chi connectivity index (χ1) is 29.8. The van der Waals surface area contributed by atoms with Gasteiger partial charge >= 0.3 is 11.7 Å². The number of benzene rings is 2. The number of aromatic amines is 1. The number of carbonyl (C=O) groups is 1. The Bertz CT molecular complexity index is 2990. The van der Waals surface area contributed by atoms with Crippen molar-refractivity contribution in [2.45, 2.75) is 40.8 Å². The molecule has 16 nitrogen and oxygen atoms in total. The number of aryl methyl sites for hydroxylation is 4. The Balaban J connectivity index is 0.000000149. The van der Waals surface area contributed by atoms with E-state index in [-0.39, 0.29) is 11.7 Å². The van der Waals surface area contributed by atoms with Gasteiger partial charge in [0, 0.05) is 66.0 Å². The molecule has 0 aliphatic heterocycles. The lowest BCUT2D eigenvalue weighted by atomic mass is 10.1. The molecule has 7 heterocycles. The van der Waals surface area contributed by atoms with Crippen LogP contribution >= 0.6 is 46.4 Å². The molecular weight excluding hydrogens is 878 g/mol. The Morgan fingerprint density at radius 3 is 1.82 bits per heavy atom. The van der Waals surface area contributed by atoms with Crippen molar-refractivity contribution in [1.82, 2.24) is 48.9 Å². The van der Waals surface area contributed by atoms with E-state index in [1.165, 1.54) is 21.8 Å². The molecular formula is C42H36Cl4N12O4. The SMILES string of the molecule is Cc1noc(C)c1-c1cnc(N)c(NCc2ccc(Cl)c(Cl)c2)c1.Cc1noc(C)c1-c1cnc2[nH]c(=O)n(Cc3ccc(Cl)c(Cl)c3)c2c1.O=C(n1ccnc1)n1ccnc1. The monoisotopic (exact) mass is 912 g/mol. The van der Waals surface area contributed by atoms with Crippen molar-refractivity contribution in [3.8, 4) is 22.3 Å². The van der Waals surface area contributed by atoms with Crippen molar-refractivity contribution in [1.29, 1.82) is 0 Å². The molecule has 0 unspecified atom stereocenters. The first kappa shape index (κ1) is 43.4. The average molecular weight is 915 g/mol. The molecule has 0 aliphatic rings. The highest BCUT2D eigenvalue weighted by molar-refractivity contribution is 6.42. The fourth-order valence-electron chi connectivity index (χ4n) is 6.42. The summed E-state index contributed by atoms with van der Waals surface area (Å²) in [6.45, 7) is 8.38. The number of hydrogen-bond acceptors (Lipinski definition) is 12. The van der Waals surface area contributed by atoms with Crippen LogP contribution in [0.25, 0.3) is 33.4 Å². The topological polar surface area (TPSA) is 206 Å². The van der Waals surface area contributed by atoms with Gasteiger partial charge in [-0.2, -0.15) is 0 Å². The van der Waals surface area contributed by atoms with Crippen molar-refractivity contribution < 1.29 is 13.8 Å². The van der Waals surface area contributed by atoms with Crippen LogP contribution in [0.1, 0.15) is 34.0 Å². The maximum absolute atomic E-state index is 12.4. The predicted octanol–water partition coefficient (Wildman–Crippen LogP) is 9.80. The number of anilines is 2. The molecule has 316 valence electrons. The number of carbonyl (C=O) groups excluding carboxylic acids is 1. The van der Waals surface area contributed by atoms with E-state index in [1.807, 2.05) is 58.0 Å². The summed E-state index contributed by atoms with van der Waals surface area (Å²) in [6.07, 6.45) is 12.6. The van der Waals surface area contributed by atoms with Gasteiger partial charge in [0.2, 0.25) is 0 Å². The van der Waals surface area contributed by atoms with Crippen LogP contribution in [0.15, 0.2) is 112 Å². The number of pyridine rings is 2. The summed E-state index contributed by atoms with van der Waals surface area (Å²) in [7, 11) is 0. The second-order valence-corrected chi connectivity index (χ2v) is 15.4. The summed E-state index contributed by atoms with van der Waals surface area (Å²) in [6, 6.07) is 14.4.